The molecule has 0 fully saturated rings. The van der Waals surface area contributed by atoms with Gasteiger partial charge >= 0.3 is 6.03 Å². The number of amides is 2. The maximum absolute atomic E-state index is 12.2. The molecular formula is C18H15BrN4O3. The van der Waals surface area contributed by atoms with E-state index in [-0.39, 0.29) is 12.8 Å². The minimum atomic E-state index is -0.355. The predicted octanol–water partition coefficient (Wildman–Crippen LogP) is 4.07. The number of halogens is 1. The van der Waals surface area contributed by atoms with Crippen molar-refractivity contribution in [2.24, 2.45) is 0 Å². The Hall–Kier alpha value is -3.00. The van der Waals surface area contributed by atoms with Crippen molar-refractivity contribution in [3.8, 4) is 11.5 Å². The van der Waals surface area contributed by atoms with Crippen LogP contribution >= 0.6 is 15.9 Å². The van der Waals surface area contributed by atoms with E-state index in [0.717, 1.165) is 10.0 Å². The minimum absolute atomic E-state index is 0.197. The van der Waals surface area contributed by atoms with E-state index < -0.39 is 0 Å². The summed E-state index contributed by atoms with van der Waals surface area (Å²) >= 11 is 3.41. The highest BCUT2D eigenvalue weighted by Crippen LogP contribution is 2.34. The van der Waals surface area contributed by atoms with Gasteiger partial charge in [-0.25, -0.2) is 4.79 Å². The molecule has 0 saturated carbocycles. The Morgan fingerprint density at radius 3 is 2.69 bits per heavy atom. The number of rotatable bonds is 4. The van der Waals surface area contributed by atoms with Crippen LogP contribution in [-0.4, -0.2) is 22.6 Å². The van der Waals surface area contributed by atoms with Gasteiger partial charge in [0.1, 0.15) is 0 Å². The summed E-state index contributed by atoms with van der Waals surface area (Å²) in [6, 6.07) is 12.9. The van der Waals surface area contributed by atoms with Crippen LogP contribution in [0.3, 0.4) is 0 Å². The predicted molar refractivity (Wildman–Crippen MR) is 101 cm³/mol. The molecule has 1 aliphatic heterocycles. The van der Waals surface area contributed by atoms with Gasteiger partial charge in [0.15, 0.2) is 11.5 Å². The Kier molecular flexibility index (Phi) is 4.49. The van der Waals surface area contributed by atoms with Crippen molar-refractivity contribution in [3.63, 3.8) is 0 Å². The Morgan fingerprint density at radius 1 is 1.08 bits per heavy atom. The molecule has 7 nitrogen and oxygen atoms in total. The van der Waals surface area contributed by atoms with Crippen molar-refractivity contribution in [2.75, 3.05) is 17.4 Å². The number of hydrogen-bond acceptors (Lipinski definition) is 4. The lowest BCUT2D eigenvalue weighted by molar-refractivity contribution is 0.174. The highest BCUT2D eigenvalue weighted by molar-refractivity contribution is 9.10. The van der Waals surface area contributed by atoms with E-state index in [1.54, 1.807) is 35.3 Å². The minimum Gasteiger partial charge on any atom is -0.454 e. The van der Waals surface area contributed by atoms with Crippen LogP contribution < -0.4 is 20.1 Å². The first kappa shape index (κ1) is 16.5. The smallest absolute Gasteiger partial charge is 0.323 e. The zero-order valence-corrected chi connectivity index (χ0v) is 15.2. The fourth-order valence-electron chi connectivity index (χ4n) is 2.56. The summed E-state index contributed by atoms with van der Waals surface area (Å²) in [5.41, 5.74) is 2.35. The van der Waals surface area contributed by atoms with Crippen molar-refractivity contribution < 1.29 is 14.3 Å². The second kappa shape index (κ2) is 7.09. The van der Waals surface area contributed by atoms with Crippen LogP contribution in [0.15, 0.2) is 59.3 Å². The standard InChI is InChI=1S/C18H15BrN4O3/c19-13-3-1-12(2-4-13)9-23-10-15(8-20-23)22-18(24)21-14-5-6-16-17(7-14)26-11-25-16/h1-8,10H,9,11H2,(H2,21,22,24). The lowest BCUT2D eigenvalue weighted by Gasteiger charge is -2.06. The highest BCUT2D eigenvalue weighted by Gasteiger charge is 2.14. The molecule has 2 aromatic carbocycles. The van der Waals surface area contributed by atoms with Crippen LogP contribution in [0, 0.1) is 0 Å². The van der Waals surface area contributed by atoms with Crippen molar-refractivity contribution >= 4 is 33.3 Å². The van der Waals surface area contributed by atoms with Gasteiger partial charge in [-0.2, -0.15) is 5.10 Å². The fraction of sp³-hybridized carbons (Fsp3) is 0.111. The zero-order valence-electron chi connectivity index (χ0n) is 13.6. The number of anilines is 2. The van der Waals surface area contributed by atoms with Gasteiger partial charge in [0.2, 0.25) is 6.79 Å². The molecular weight excluding hydrogens is 400 g/mol. The first-order valence-corrected chi connectivity index (χ1v) is 8.69. The average molecular weight is 415 g/mol. The van der Waals surface area contributed by atoms with Crippen molar-refractivity contribution in [1.29, 1.82) is 0 Å². The molecule has 0 atom stereocenters. The third kappa shape index (κ3) is 3.80. The molecule has 4 rings (SSSR count). The Labute approximate surface area is 158 Å². The molecule has 0 unspecified atom stereocenters. The van der Waals surface area contributed by atoms with Crippen LogP contribution in [0.5, 0.6) is 11.5 Å². The normalized spacial score (nSPS) is 12.0. The zero-order chi connectivity index (χ0) is 17.9. The number of carbonyl (C=O) groups is 1. The van der Waals surface area contributed by atoms with Gasteiger partial charge in [-0.3, -0.25) is 4.68 Å². The first-order chi connectivity index (χ1) is 12.7. The molecule has 0 bridgehead atoms. The molecule has 132 valence electrons. The van der Waals surface area contributed by atoms with Crippen LogP contribution in [0.2, 0.25) is 0 Å². The molecule has 1 aliphatic rings. The van der Waals surface area contributed by atoms with E-state index in [1.807, 2.05) is 24.3 Å². The summed E-state index contributed by atoms with van der Waals surface area (Å²) in [6.07, 6.45) is 3.39. The molecule has 0 aliphatic carbocycles. The number of fused-ring (bicyclic) bond motifs is 1. The van der Waals surface area contributed by atoms with Crippen LogP contribution in [0.1, 0.15) is 5.56 Å². The summed E-state index contributed by atoms with van der Waals surface area (Å²) < 4.78 is 13.3. The van der Waals surface area contributed by atoms with E-state index in [0.29, 0.717) is 29.4 Å². The van der Waals surface area contributed by atoms with Gasteiger partial charge in [0.25, 0.3) is 0 Å². The van der Waals surface area contributed by atoms with Crippen molar-refractivity contribution in [2.45, 2.75) is 6.54 Å². The molecule has 26 heavy (non-hydrogen) atoms. The van der Waals surface area contributed by atoms with E-state index in [2.05, 4.69) is 31.7 Å². The summed E-state index contributed by atoms with van der Waals surface area (Å²) in [5.74, 6) is 1.29. The quantitative estimate of drug-likeness (QED) is 0.674. The number of hydrogen-bond donors (Lipinski definition) is 2. The summed E-state index contributed by atoms with van der Waals surface area (Å²) in [4.78, 5) is 12.2. The number of carbonyl (C=O) groups excluding carboxylic acids is 1. The second-order valence-corrected chi connectivity index (χ2v) is 6.62. The third-order valence-electron chi connectivity index (χ3n) is 3.78. The van der Waals surface area contributed by atoms with Gasteiger partial charge < -0.3 is 20.1 Å². The maximum atomic E-state index is 12.2. The second-order valence-electron chi connectivity index (χ2n) is 5.70. The fourth-order valence-corrected chi connectivity index (χ4v) is 2.82. The van der Waals surface area contributed by atoms with Gasteiger partial charge in [-0.15, -0.1) is 0 Å². The maximum Gasteiger partial charge on any atom is 0.323 e. The summed E-state index contributed by atoms with van der Waals surface area (Å²) in [7, 11) is 0. The Balaban J connectivity index is 1.36. The summed E-state index contributed by atoms with van der Waals surface area (Å²) in [5, 5.41) is 9.79. The Bertz CT molecular complexity index is 940. The molecule has 3 aromatic rings. The number of nitrogens with one attached hydrogen (secondary N) is 2. The van der Waals surface area contributed by atoms with E-state index >= 15 is 0 Å². The lowest BCUT2D eigenvalue weighted by atomic mass is 10.2. The molecule has 0 spiro atoms. The van der Waals surface area contributed by atoms with Crippen LogP contribution in [0.4, 0.5) is 16.2 Å². The van der Waals surface area contributed by atoms with Gasteiger partial charge in [-0.05, 0) is 29.8 Å². The van der Waals surface area contributed by atoms with Crippen LogP contribution in [0.25, 0.3) is 0 Å². The lowest BCUT2D eigenvalue weighted by Crippen LogP contribution is -2.19. The number of aromatic nitrogens is 2. The number of benzene rings is 2. The number of ether oxygens (including phenoxy) is 2. The molecule has 8 heteroatoms. The molecule has 0 saturated heterocycles. The topological polar surface area (TPSA) is 77.4 Å². The number of urea groups is 1. The molecule has 2 heterocycles. The summed E-state index contributed by atoms with van der Waals surface area (Å²) in [6.45, 7) is 0.821. The van der Waals surface area contributed by atoms with E-state index in [4.69, 9.17) is 9.47 Å². The van der Waals surface area contributed by atoms with Gasteiger partial charge in [0, 0.05) is 22.4 Å². The highest BCUT2D eigenvalue weighted by atomic mass is 79.9. The van der Waals surface area contributed by atoms with E-state index in [9.17, 15) is 4.79 Å². The molecule has 0 radical (unpaired) electrons. The SMILES string of the molecule is O=C(Nc1ccc2c(c1)OCO2)Nc1cnn(Cc2ccc(Br)cc2)c1. The molecule has 2 N–H and O–H groups in total. The monoisotopic (exact) mass is 414 g/mol. The van der Waals surface area contributed by atoms with Gasteiger partial charge in [0.05, 0.1) is 18.4 Å². The van der Waals surface area contributed by atoms with Gasteiger partial charge in [-0.1, -0.05) is 28.1 Å². The first-order valence-electron chi connectivity index (χ1n) is 7.90. The largest absolute Gasteiger partial charge is 0.454 e. The average Bonchev–Trinajstić information content (AvgIpc) is 3.25. The third-order valence-corrected chi connectivity index (χ3v) is 4.31. The van der Waals surface area contributed by atoms with E-state index in [1.165, 1.54) is 0 Å². The molecule has 1 aromatic heterocycles. The Morgan fingerprint density at radius 2 is 1.85 bits per heavy atom. The van der Waals surface area contributed by atoms with Crippen molar-refractivity contribution in [1.82, 2.24) is 9.78 Å². The number of nitrogens with zero attached hydrogens (tertiary/aromatic N) is 2. The van der Waals surface area contributed by atoms with Crippen LogP contribution in [-0.2, 0) is 6.54 Å². The van der Waals surface area contributed by atoms with Crippen molar-refractivity contribution in [3.05, 3.63) is 64.9 Å². The molecule has 2 amide bonds.